The first kappa shape index (κ1) is 13.2. The summed E-state index contributed by atoms with van der Waals surface area (Å²) in [4.78, 5) is 23.0. The minimum Gasteiger partial charge on any atom is -0.395 e. The first-order chi connectivity index (χ1) is 8.58. The summed E-state index contributed by atoms with van der Waals surface area (Å²) in [7, 11) is 0. The van der Waals surface area contributed by atoms with E-state index >= 15 is 0 Å². The zero-order chi connectivity index (χ0) is 13.3. The molecule has 0 aliphatic rings. The molecule has 0 radical (unpaired) electrons. The Balaban J connectivity index is 2.98. The highest BCUT2D eigenvalue weighted by Gasteiger charge is 2.12. The highest BCUT2D eigenvalue weighted by atomic mass is 127. The second-order valence-corrected chi connectivity index (χ2v) is 5.22. The van der Waals surface area contributed by atoms with E-state index in [1.165, 1.54) is 0 Å². The molecule has 0 saturated heterocycles. The van der Waals surface area contributed by atoms with Gasteiger partial charge in [0.15, 0.2) is 5.43 Å². The van der Waals surface area contributed by atoms with Gasteiger partial charge in [0, 0.05) is 27.3 Å². The summed E-state index contributed by atoms with van der Waals surface area (Å²) in [5.41, 5.74) is 1.18. The van der Waals surface area contributed by atoms with Gasteiger partial charge in [0.25, 0.3) is 0 Å². The van der Waals surface area contributed by atoms with E-state index in [9.17, 15) is 9.70 Å². The predicted octanol–water partition coefficient (Wildman–Crippen LogP) is 2.30. The van der Waals surface area contributed by atoms with Gasteiger partial charge in [0.05, 0.1) is 12.1 Å². The van der Waals surface area contributed by atoms with Gasteiger partial charge in [0.1, 0.15) is 5.69 Å². The first-order valence-corrected chi connectivity index (χ1v) is 6.44. The van der Waals surface area contributed by atoms with Crippen molar-refractivity contribution in [2.75, 3.05) is 6.61 Å². The van der Waals surface area contributed by atoms with Crippen molar-refractivity contribution in [3.63, 3.8) is 0 Å². The van der Waals surface area contributed by atoms with E-state index in [1.54, 1.807) is 29.8 Å². The Hall–Kier alpha value is -1.28. The molecule has 2 aromatic rings. The van der Waals surface area contributed by atoms with Gasteiger partial charge in [-0.15, -0.1) is 4.91 Å². The Kier molecular flexibility index (Phi) is 3.76. The molecule has 0 spiro atoms. The lowest BCUT2D eigenvalue weighted by Crippen LogP contribution is -2.14. The fraction of sp³-hybridized carbons (Fsp3) is 0.250. The molecule has 0 aliphatic heterocycles. The quantitative estimate of drug-likeness (QED) is 0.676. The number of pyridine rings is 1. The van der Waals surface area contributed by atoms with Crippen molar-refractivity contribution in [3.05, 3.63) is 42.6 Å². The molecule has 0 bridgehead atoms. The molecule has 1 N–H and O–H groups in total. The topological polar surface area (TPSA) is 71.7 Å². The third-order valence-electron chi connectivity index (χ3n) is 2.73. The lowest BCUT2D eigenvalue weighted by atomic mass is 10.1. The lowest BCUT2D eigenvalue weighted by Gasteiger charge is -2.12. The number of nitroso groups, excluding NO2 is 1. The van der Waals surface area contributed by atoms with Crippen LogP contribution in [0.5, 0.6) is 0 Å². The highest BCUT2D eigenvalue weighted by Crippen LogP contribution is 2.27. The van der Waals surface area contributed by atoms with Gasteiger partial charge in [-0.2, -0.15) is 0 Å². The summed E-state index contributed by atoms with van der Waals surface area (Å²) >= 11 is 2.04. The maximum atomic E-state index is 12.1. The van der Waals surface area contributed by atoms with E-state index in [-0.39, 0.29) is 17.7 Å². The third kappa shape index (κ3) is 2.17. The molecule has 0 unspecified atom stereocenters. The van der Waals surface area contributed by atoms with Crippen LogP contribution in [0.3, 0.4) is 0 Å². The molecule has 0 amide bonds. The fourth-order valence-electron chi connectivity index (χ4n) is 1.98. The normalized spacial score (nSPS) is 10.8. The second kappa shape index (κ2) is 5.15. The van der Waals surface area contributed by atoms with Crippen LogP contribution in [0.25, 0.3) is 10.9 Å². The molecular weight excluding hydrogens is 347 g/mol. The number of aromatic nitrogens is 1. The summed E-state index contributed by atoms with van der Waals surface area (Å²) in [6.07, 6.45) is 1.64. The minimum absolute atomic E-state index is 0.0678. The maximum Gasteiger partial charge on any atom is 0.192 e. The largest absolute Gasteiger partial charge is 0.395 e. The van der Waals surface area contributed by atoms with Gasteiger partial charge in [-0.1, -0.05) is 0 Å². The number of aryl methyl sites for hydroxylation is 1. The van der Waals surface area contributed by atoms with E-state index in [1.807, 2.05) is 22.6 Å². The molecule has 1 aromatic carbocycles. The summed E-state index contributed by atoms with van der Waals surface area (Å²) in [5.74, 6) is 0. The molecule has 6 heteroatoms. The van der Waals surface area contributed by atoms with Crippen LogP contribution in [0, 0.1) is 15.4 Å². The number of hydrogen-bond donors (Lipinski definition) is 1. The highest BCUT2D eigenvalue weighted by molar-refractivity contribution is 14.1. The second-order valence-electron chi connectivity index (χ2n) is 3.97. The van der Waals surface area contributed by atoms with Crippen molar-refractivity contribution in [1.82, 2.24) is 4.57 Å². The Labute approximate surface area is 117 Å². The van der Waals surface area contributed by atoms with Crippen LogP contribution in [0.4, 0.5) is 5.69 Å². The van der Waals surface area contributed by atoms with Crippen molar-refractivity contribution in [2.24, 2.45) is 5.18 Å². The Morgan fingerprint density at radius 1 is 1.44 bits per heavy atom. The van der Waals surface area contributed by atoms with Gasteiger partial charge in [0.2, 0.25) is 0 Å². The maximum absolute atomic E-state index is 12.1. The molecule has 5 nitrogen and oxygen atoms in total. The van der Waals surface area contributed by atoms with Gasteiger partial charge in [-0.3, -0.25) is 4.79 Å². The van der Waals surface area contributed by atoms with E-state index in [4.69, 9.17) is 5.11 Å². The molecule has 18 heavy (non-hydrogen) atoms. The number of hydrogen-bond acceptors (Lipinski definition) is 4. The lowest BCUT2D eigenvalue weighted by molar-refractivity contribution is 0.277. The van der Waals surface area contributed by atoms with Crippen LogP contribution in [0.2, 0.25) is 0 Å². The zero-order valence-electron chi connectivity index (χ0n) is 9.68. The van der Waals surface area contributed by atoms with E-state index in [0.717, 1.165) is 3.57 Å². The Bertz CT molecular complexity index is 679. The molecule has 2 rings (SSSR count). The smallest absolute Gasteiger partial charge is 0.192 e. The number of aliphatic hydroxyl groups excluding tert-OH is 1. The summed E-state index contributed by atoms with van der Waals surface area (Å²) in [6.45, 7) is 1.96. The summed E-state index contributed by atoms with van der Waals surface area (Å²) < 4.78 is 2.48. The molecule has 1 heterocycles. The standard InChI is InChI=1S/C12H11IN2O3/c1-7-6-15(2-3-16)11-9(12(7)17)4-8(13)5-10(11)14-18/h4-6,16H,2-3H2,1H3. The number of fused-ring (bicyclic) bond motifs is 1. The van der Waals surface area contributed by atoms with Crippen molar-refractivity contribution in [2.45, 2.75) is 13.5 Å². The molecule has 94 valence electrons. The van der Waals surface area contributed by atoms with Crippen molar-refractivity contribution in [3.8, 4) is 0 Å². The number of rotatable bonds is 3. The minimum atomic E-state index is -0.109. The monoisotopic (exact) mass is 358 g/mol. The average Bonchev–Trinajstić information content (AvgIpc) is 2.34. The van der Waals surface area contributed by atoms with Crippen LogP contribution in [0.15, 0.2) is 28.3 Å². The predicted molar refractivity (Wildman–Crippen MR) is 78.2 cm³/mol. The molecule has 0 saturated carbocycles. The average molecular weight is 358 g/mol. The van der Waals surface area contributed by atoms with Crippen LogP contribution in [-0.2, 0) is 6.54 Å². The van der Waals surface area contributed by atoms with Crippen LogP contribution in [-0.4, -0.2) is 16.3 Å². The fourth-order valence-corrected chi connectivity index (χ4v) is 2.59. The zero-order valence-corrected chi connectivity index (χ0v) is 11.8. The van der Waals surface area contributed by atoms with Crippen molar-refractivity contribution >= 4 is 39.2 Å². The molecule has 1 aromatic heterocycles. The van der Waals surface area contributed by atoms with E-state index < -0.39 is 0 Å². The number of halogens is 1. The van der Waals surface area contributed by atoms with Crippen molar-refractivity contribution < 1.29 is 5.11 Å². The molecule has 0 aliphatic carbocycles. The third-order valence-corrected chi connectivity index (χ3v) is 3.36. The molecule has 0 fully saturated rings. The number of nitrogens with zero attached hydrogens (tertiary/aromatic N) is 2. The number of benzene rings is 1. The van der Waals surface area contributed by atoms with Crippen LogP contribution < -0.4 is 5.43 Å². The van der Waals surface area contributed by atoms with E-state index in [0.29, 0.717) is 23.0 Å². The van der Waals surface area contributed by atoms with Gasteiger partial charge < -0.3 is 9.67 Å². The molecular formula is C12H11IN2O3. The van der Waals surface area contributed by atoms with Crippen LogP contribution >= 0.6 is 22.6 Å². The SMILES string of the molecule is Cc1cn(CCO)c2c(N=O)cc(I)cc2c1=O. The van der Waals surface area contributed by atoms with Crippen molar-refractivity contribution in [1.29, 1.82) is 0 Å². The summed E-state index contributed by atoms with van der Waals surface area (Å²) in [5, 5.41) is 12.5. The summed E-state index contributed by atoms with van der Waals surface area (Å²) in [6, 6.07) is 3.35. The Morgan fingerprint density at radius 2 is 2.17 bits per heavy atom. The van der Waals surface area contributed by atoms with Crippen LogP contribution in [0.1, 0.15) is 5.56 Å². The Morgan fingerprint density at radius 3 is 2.78 bits per heavy atom. The first-order valence-electron chi connectivity index (χ1n) is 5.36. The number of aliphatic hydroxyl groups is 1. The van der Waals surface area contributed by atoms with E-state index in [2.05, 4.69) is 5.18 Å². The van der Waals surface area contributed by atoms with Gasteiger partial charge in [-0.25, -0.2) is 0 Å². The van der Waals surface area contributed by atoms with Gasteiger partial charge in [-0.05, 0) is 46.8 Å². The van der Waals surface area contributed by atoms with Gasteiger partial charge >= 0.3 is 0 Å². The molecule has 0 atom stereocenters.